The molecule has 0 amide bonds. The topological polar surface area (TPSA) is 35.5 Å². The average molecular weight is 294 g/mol. The number of aliphatic hydroxyl groups excluding tert-OH is 1. The minimum atomic E-state index is -4.14. The molecule has 2 rings (SSSR count). The largest absolute Gasteiger partial charge is 0.401 e. The van der Waals surface area contributed by atoms with Gasteiger partial charge in [-0.25, -0.2) is 0 Å². The maximum absolute atomic E-state index is 12.7. The number of hydrogen-bond acceptors (Lipinski definition) is 3. The van der Waals surface area contributed by atoms with Crippen LogP contribution < -0.4 is 5.32 Å². The molecule has 2 aliphatic carbocycles. The van der Waals surface area contributed by atoms with Gasteiger partial charge < -0.3 is 10.4 Å². The number of aliphatic hydroxyl groups is 1. The fourth-order valence-corrected chi connectivity index (χ4v) is 3.48. The highest BCUT2D eigenvalue weighted by Gasteiger charge is 2.47. The lowest BCUT2D eigenvalue weighted by atomic mass is 9.97. The van der Waals surface area contributed by atoms with Gasteiger partial charge in [-0.05, 0) is 32.1 Å². The Balaban J connectivity index is 2.01. The van der Waals surface area contributed by atoms with Crippen LogP contribution in [0.1, 0.15) is 46.0 Å². The summed E-state index contributed by atoms with van der Waals surface area (Å²) >= 11 is 0. The standard InChI is InChI=1S/C14H25F3N2O/c1-10(2)18-13(9-20)6-5-12(7-13)19(11-3-4-11)8-14(15,16)17/h10-12,18,20H,3-9H2,1-2H3. The number of alkyl halides is 3. The lowest BCUT2D eigenvalue weighted by Gasteiger charge is -2.34. The van der Waals surface area contributed by atoms with Gasteiger partial charge in [0.05, 0.1) is 13.2 Å². The summed E-state index contributed by atoms with van der Waals surface area (Å²) in [5.41, 5.74) is -0.405. The Morgan fingerprint density at radius 3 is 2.35 bits per heavy atom. The fraction of sp³-hybridized carbons (Fsp3) is 1.00. The molecule has 0 aromatic carbocycles. The Morgan fingerprint density at radius 1 is 1.25 bits per heavy atom. The van der Waals surface area contributed by atoms with Gasteiger partial charge in [0.25, 0.3) is 0 Å². The first-order valence-electron chi connectivity index (χ1n) is 7.46. The summed E-state index contributed by atoms with van der Waals surface area (Å²) in [5, 5.41) is 13.0. The molecule has 2 N–H and O–H groups in total. The third-order valence-corrected chi connectivity index (χ3v) is 4.33. The van der Waals surface area contributed by atoms with Gasteiger partial charge >= 0.3 is 6.18 Å². The van der Waals surface area contributed by atoms with Gasteiger partial charge in [0, 0.05) is 23.7 Å². The molecule has 0 spiro atoms. The van der Waals surface area contributed by atoms with E-state index in [0.717, 1.165) is 25.7 Å². The van der Waals surface area contributed by atoms with Crippen LogP contribution in [-0.2, 0) is 0 Å². The summed E-state index contributed by atoms with van der Waals surface area (Å²) in [4.78, 5) is 1.62. The Labute approximate surface area is 118 Å². The van der Waals surface area contributed by atoms with Crippen LogP contribution in [0.2, 0.25) is 0 Å². The Bertz CT molecular complexity index is 331. The monoisotopic (exact) mass is 294 g/mol. The second kappa shape index (κ2) is 5.81. The molecule has 2 unspecified atom stereocenters. The van der Waals surface area contributed by atoms with Crippen LogP contribution in [-0.4, -0.2) is 53.0 Å². The molecular formula is C14H25F3N2O. The highest BCUT2D eigenvalue weighted by atomic mass is 19.4. The number of rotatable bonds is 6. The quantitative estimate of drug-likeness (QED) is 0.789. The second-order valence-corrected chi connectivity index (χ2v) is 6.65. The van der Waals surface area contributed by atoms with E-state index < -0.39 is 18.3 Å². The average Bonchev–Trinajstić information content (AvgIpc) is 3.07. The molecule has 0 saturated heterocycles. The van der Waals surface area contributed by atoms with Crippen molar-refractivity contribution in [2.24, 2.45) is 0 Å². The summed E-state index contributed by atoms with van der Waals surface area (Å²) in [7, 11) is 0. The Morgan fingerprint density at radius 2 is 1.90 bits per heavy atom. The molecule has 2 saturated carbocycles. The molecule has 0 bridgehead atoms. The van der Waals surface area contributed by atoms with Crippen LogP contribution in [0.15, 0.2) is 0 Å². The SMILES string of the molecule is CC(C)NC1(CO)CCC(N(CC(F)(F)F)C2CC2)C1. The van der Waals surface area contributed by atoms with E-state index in [0.29, 0.717) is 6.42 Å². The van der Waals surface area contributed by atoms with Gasteiger partial charge in [0.2, 0.25) is 0 Å². The maximum atomic E-state index is 12.7. The molecule has 0 aliphatic heterocycles. The van der Waals surface area contributed by atoms with Crippen molar-refractivity contribution in [3.63, 3.8) is 0 Å². The van der Waals surface area contributed by atoms with E-state index in [2.05, 4.69) is 5.32 Å². The maximum Gasteiger partial charge on any atom is 0.401 e. The minimum absolute atomic E-state index is 0.00773. The molecule has 3 nitrogen and oxygen atoms in total. The summed E-state index contributed by atoms with van der Waals surface area (Å²) < 4.78 is 38.2. The second-order valence-electron chi connectivity index (χ2n) is 6.65. The summed E-state index contributed by atoms with van der Waals surface area (Å²) in [6, 6.07) is 0.246. The van der Waals surface area contributed by atoms with Crippen molar-refractivity contribution >= 4 is 0 Å². The van der Waals surface area contributed by atoms with Gasteiger partial charge in [-0.3, -0.25) is 4.90 Å². The first kappa shape index (κ1) is 16.0. The van der Waals surface area contributed by atoms with Crippen LogP contribution in [0, 0.1) is 0 Å². The summed E-state index contributed by atoms with van der Waals surface area (Å²) in [6.07, 6.45) is -0.320. The van der Waals surface area contributed by atoms with Gasteiger partial charge in [-0.15, -0.1) is 0 Å². The molecule has 0 radical (unpaired) electrons. The molecule has 20 heavy (non-hydrogen) atoms. The zero-order valence-electron chi connectivity index (χ0n) is 12.2. The van der Waals surface area contributed by atoms with Crippen LogP contribution in [0.5, 0.6) is 0 Å². The normalized spacial score (nSPS) is 31.5. The molecular weight excluding hydrogens is 269 g/mol. The van der Waals surface area contributed by atoms with Crippen molar-refractivity contribution in [3.8, 4) is 0 Å². The third kappa shape index (κ3) is 4.09. The van der Waals surface area contributed by atoms with Crippen LogP contribution >= 0.6 is 0 Å². The summed E-state index contributed by atoms with van der Waals surface area (Å²) in [5.74, 6) is 0. The lowest BCUT2D eigenvalue weighted by molar-refractivity contribution is -0.152. The van der Waals surface area contributed by atoms with Crippen molar-refractivity contribution in [1.29, 1.82) is 0 Å². The number of nitrogens with zero attached hydrogens (tertiary/aromatic N) is 1. The van der Waals surface area contributed by atoms with Gasteiger partial charge in [0.15, 0.2) is 0 Å². The molecule has 118 valence electrons. The van der Waals surface area contributed by atoms with E-state index in [9.17, 15) is 18.3 Å². The number of halogens is 3. The zero-order valence-corrected chi connectivity index (χ0v) is 12.2. The predicted molar refractivity (Wildman–Crippen MR) is 71.5 cm³/mol. The van der Waals surface area contributed by atoms with E-state index in [1.807, 2.05) is 13.8 Å². The first-order chi connectivity index (χ1) is 9.25. The van der Waals surface area contributed by atoms with Crippen LogP contribution in [0.25, 0.3) is 0 Å². The molecule has 2 aliphatic rings. The molecule has 2 atom stereocenters. The van der Waals surface area contributed by atoms with Gasteiger partial charge in [0.1, 0.15) is 0 Å². The lowest BCUT2D eigenvalue weighted by Crippen LogP contribution is -2.51. The van der Waals surface area contributed by atoms with E-state index in [1.54, 1.807) is 4.90 Å². The van der Waals surface area contributed by atoms with Gasteiger partial charge in [-0.2, -0.15) is 13.2 Å². The van der Waals surface area contributed by atoms with E-state index in [1.165, 1.54) is 0 Å². The molecule has 0 aromatic rings. The highest BCUT2D eigenvalue weighted by Crippen LogP contribution is 2.40. The van der Waals surface area contributed by atoms with E-state index >= 15 is 0 Å². The van der Waals surface area contributed by atoms with Crippen LogP contribution in [0.4, 0.5) is 13.2 Å². The molecule has 2 fully saturated rings. The minimum Gasteiger partial charge on any atom is -0.394 e. The molecule has 6 heteroatoms. The highest BCUT2D eigenvalue weighted by molar-refractivity contribution is 5.03. The zero-order chi connectivity index (χ0) is 15.0. The smallest absolute Gasteiger partial charge is 0.394 e. The number of nitrogens with one attached hydrogen (secondary N) is 1. The number of hydrogen-bond donors (Lipinski definition) is 2. The van der Waals surface area contributed by atoms with Crippen molar-refractivity contribution in [3.05, 3.63) is 0 Å². The molecule has 0 aromatic heterocycles. The van der Waals surface area contributed by atoms with Crippen molar-refractivity contribution in [2.45, 2.75) is 75.8 Å². The molecule has 0 heterocycles. The first-order valence-corrected chi connectivity index (χ1v) is 7.46. The Kier molecular flexibility index (Phi) is 4.66. The van der Waals surface area contributed by atoms with Crippen molar-refractivity contribution in [1.82, 2.24) is 10.2 Å². The van der Waals surface area contributed by atoms with Crippen LogP contribution in [0.3, 0.4) is 0 Å². The van der Waals surface area contributed by atoms with Crippen molar-refractivity contribution in [2.75, 3.05) is 13.2 Å². The summed E-state index contributed by atoms with van der Waals surface area (Å²) in [6.45, 7) is 3.18. The Hall–Kier alpha value is -0.330. The van der Waals surface area contributed by atoms with Crippen molar-refractivity contribution < 1.29 is 18.3 Å². The van der Waals surface area contributed by atoms with Gasteiger partial charge in [-0.1, -0.05) is 13.8 Å². The van der Waals surface area contributed by atoms with E-state index in [-0.39, 0.29) is 24.7 Å². The third-order valence-electron chi connectivity index (χ3n) is 4.33. The van der Waals surface area contributed by atoms with E-state index in [4.69, 9.17) is 0 Å². The fourth-order valence-electron chi connectivity index (χ4n) is 3.48. The predicted octanol–water partition coefficient (Wildman–Crippen LogP) is 2.29.